The zero-order valence-electron chi connectivity index (χ0n) is 10.8. The first-order valence-electron chi connectivity index (χ1n) is 5.66. The Bertz CT molecular complexity index is 764. The van der Waals surface area contributed by atoms with E-state index in [9.17, 15) is 13.2 Å². The lowest BCUT2D eigenvalue weighted by atomic mass is 10.1. The van der Waals surface area contributed by atoms with Gasteiger partial charge in [0, 0.05) is 0 Å². The number of rotatable bonds is 4. The van der Waals surface area contributed by atoms with Crippen molar-refractivity contribution in [3.05, 3.63) is 40.7 Å². The van der Waals surface area contributed by atoms with Crippen molar-refractivity contribution >= 4 is 15.8 Å². The van der Waals surface area contributed by atoms with Crippen molar-refractivity contribution in [1.82, 2.24) is 10.3 Å². The molecule has 1 aromatic heterocycles. The van der Waals surface area contributed by atoms with Crippen molar-refractivity contribution in [2.24, 2.45) is 0 Å². The number of benzene rings is 1. The molecular formula is C12H12N2O5S. The standard InChI is InChI=1S/C12H12N2O5S/c1-7-3-4-9(12(15)16)5-11(7)20(17,18)6-10-8(2)13-19-14-10/h3-5H,6H2,1-2H3,(H,15,16). The lowest BCUT2D eigenvalue weighted by Crippen LogP contribution is -2.09. The second-order valence-corrected chi connectivity index (χ2v) is 6.30. The van der Waals surface area contributed by atoms with Crippen molar-refractivity contribution in [3.8, 4) is 0 Å². The molecule has 8 heteroatoms. The van der Waals surface area contributed by atoms with E-state index < -0.39 is 15.8 Å². The van der Waals surface area contributed by atoms with Gasteiger partial charge in [0.2, 0.25) is 0 Å². The zero-order valence-corrected chi connectivity index (χ0v) is 11.6. The monoisotopic (exact) mass is 296 g/mol. The smallest absolute Gasteiger partial charge is 0.335 e. The van der Waals surface area contributed by atoms with E-state index in [1.165, 1.54) is 12.1 Å². The first-order valence-corrected chi connectivity index (χ1v) is 7.31. The van der Waals surface area contributed by atoms with Crippen LogP contribution >= 0.6 is 0 Å². The fourth-order valence-corrected chi connectivity index (χ4v) is 3.35. The van der Waals surface area contributed by atoms with E-state index in [0.717, 1.165) is 6.07 Å². The van der Waals surface area contributed by atoms with Crippen LogP contribution < -0.4 is 0 Å². The summed E-state index contributed by atoms with van der Waals surface area (Å²) >= 11 is 0. The molecule has 0 fully saturated rings. The molecule has 0 radical (unpaired) electrons. The van der Waals surface area contributed by atoms with Crippen LogP contribution in [0.5, 0.6) is 0 Å². The normalized spacial score (nSPS) is 11.5. The van der Waals surface area contributed by atoms with E-state index in [1.54, 1.807) is 13.8 Å². The first kappa shape index (κ1) is 14.2. The lowest BCUT2D eigenvalue weighted by molar-refractivity contribution is 0.0696. The Morgan fingerprint density at radius 1 is 1.30 bits per heavy atom. The Balaban J connectivity index is 2.46. The van der Waals surface area contributed by atoms with E-state index in [2.05, 4.69) is 14.9 Å². The minimum Gasteiger partial charge on any atom is -0.478 e. The van der Waals surface area contributed by atoms with Gasteiger partial charge in [0.15, 0.2) is 9.84 Å². The number of hydrogen-bond donors (Lipinski definition) is 1. The van der Waals surface area contributed by atoms with Gasteiger partial charge in [0.1, 0.15) is 17.1 Å². The Hall–Kier alpha value is -2.22. The molecule has 0 bridgehead atoms. The summed E-state index contributed by atoms with van der Waals surface area (Å²) in [6.45, 7) is 3.19. The molecule has 0 saturated heterocycles. The highest BCUT2D eigenvalue weighted by atomic mass is 32.2. The van der Waals surface area contributed by atoms with Gasteiger partial charge < -0.3 is 5.11 Å². The van der Waals surface area contributed by atoms with E-state index in [0.29, 0.717) is 11.3 Å². The molecule has 0 aliphatic rings. The summed E-state index contributed by atoms with van der Waals surface area (Å²) in [4.78, 5) is 10.9. The SMILES string of the molecule is Cc1ccc(C(=O)O)cc1S(=O)(=O)Cc1nonc1C. The van der Waals surface area contributed by atoms with Crippen LogP contribution in [0, 0.1) is 13.8 Å². The maximum atomic E-state index is 12.3. The number of carboxylic acid groups (broad SMARTS) is 1. The van der Waals surface area contributed by atoms with Gasteiger partial charge >= 0.3 is 5.97 Å². The summed E-state index contributed by atoms with van der Waals surface area (Å²) in [5.41, 5.74) is 0.999. The van der Waals surface area contributed by atoms with Crippen LogP contribution in [-0.4, -0.2) is 29.8 Å². The number of aromatic carboxylic acids is 1. The summed E-state index contributed by atoms with van der Waals surface area (Å²) in [5.74, 6) is -1.56. The van der Waals surface area contributed by atoms with Gasteiger partial charge in [-0.1, -0.05) is 16.4 Å². The van der Waals surface area contributed by atoms with Crippen LogP contribution in [0.3, 0.4) is 0 Å². The van der Waals surface area contributed by atoms with E-state index >= 15 is 0 Å². The van der Waals surface area contributed by atoms with Gasteiger partial charge in [-0.15, -0.1) is 0 Å². The van der Waals surface area contributed by atoms with E-state index in [4.69, 9.17) is 5.11 Å². The van der Waals surface area contributed by atoms with Crippen molar-refractivity contribution in [2.75, 3.05) is 0 Å². The third-order valence-corrected chi connectivity index (χ3v) is 4.61. The summed E-state index contributed by atoms with van der Waals surface area (Å²) in [7, 11) is -3.72. The average molecular weight is 296 g/mol. The maximum absolute atomic E-state index is 12.3. The van der Waals surface area contributed by atoms with Crippen molar-refractivity contribution in [2.45, 2.75) is 24.5 Å². The second kappa shape index (κ2) is 5.04. The minimum atomic E-state index is -3.72. The second-order valence-electron chi connectivity index (χ2n) is 4.34. The average Bonchev–Trinajstić information content (AvgIpc) is 2.74. The van der Waals surface area contributed by atoms with Gasteiger partial charge in [0.25, 0.3) is 0 Å². The minimum absolute atomic E-state index is 0.0280. The first-order chi connectivity index (χ1) is 9.31. The van der Waals surface area contributed by atoms with Gasteiger partial charge in [-0.25, -0.2) is 17.8 Å². The topological polar surface area (TPSA) is 110 Å². The highest BCUT2D eigenvalue weighted by Gasteiger charge is 2.22. The summed E-state index contributed by atoms with van der Waals surface area (Å²) in [6.07, 6.45) is 0. The summed E-state index contributed by atoms with van der Waals surface area (Å²) in [6, 6.07) is 3.97. The molecule has 1 N–H and O–H groups in total. The van der Waals surface area contributed by atoms with Gasteiger partial charge in [0.05, 0.1) is 10.5 Å². The fourth-order valence-electron chi connectivity index (χ4n) is 1.71. The van der Waals surface area contributed by atoms with Crippen LogP contribution in [0.4, 0.5) is 0 Å². The molecule has 0 unspecified atom stereocenters. The Morgan fingerprint density at radius 3 is 2.55 bits per heavy atom. The zero-order chi connectivity index (χ0) is 14.9. The molecule has 1 heterocycles. The number of carboxylic acids is 1. The largest absolute Gasteiger partial charge is 0.478 e. The molecule has 106 valence electrons. The van der Waals surface area contributed by atoms with Gasteiger partial charge in [-0.05, 0) is 31.5 Å². The van der Waals surface area contributed by atoms with Gasteiger partial charge in [-0.2, -0.15) is 0 Å². The molecule has 7 nitrogen and oxygen atoms in total. The van der Waals surface area contributed by atoms with Crippen LogP contribution in [-0.2, 0) is 15.6 Å². The third kappa shape index (κ3) is 2.69. The van der Waals surface area contributed by atoms with Crippen molar-refractivity contribution in [3.63, 3.8) is 0 Å². The molecular weight excluding hydrogens is 284 g/mol. The number of hydrogen-bond acceptors (Lipinski definition) is 6. The molecule has 0 aliphatic heterocycles. The van der Waals surface area contributed by atoms with Gasteiger partial charge in [-0.3, -0.25) is 0 Å². The van der Waals surface area contributed by atoms with Crippen molar-refractivity contribution in [1.29, 1.82) is 0 Å². The van der Waals surface area contributed by atoms with E-state index in [-0.39, 0.29) is 21.9 Å². The molecule has 2 aromatic rings. The van der Waals surface area contributed by atoms with Crippen LogP contribution in [0.15, 0.2) is 27.7 Å². The quantitative estimate of drug-likeness (QED) is 0.906. The van der Waals surface area contributed by atoms with Crippen molar-refractivity contribution < 1.29 is 22.9 Å². The highest BCUT2D eigenvalue weighted by Crippen LogP contribution is 2.22. The Morgan fingerprint density at radius 2 is 2.00 bits per heavy atom. The van der Waals surface area contributed by atoms with E-state index in [1.807, 2.05) is 0 Å². The van der Waals surface area contributed by atoms with Crippen LogP contribution in [0.2, 0.25) is 0 Å². The molecule has 0 spiro atoms. The maximum Gasteiger partial charge on any atom is 0.335 e. The van der Waals surface area contributed by atoms with Crippen LogP contribution in [0.25, 0.3) is 0 Å². The molecule has 0 saturated carbocycles. The third-order valence-electron chi connectivity index (χ3n) is 2.84. The molecule has 0 aliphatic carbocycles. The Kier molecular flexibility index (Phi) is 3.58. The number of carbonyl (C=O) groups is 1. The molecule has 1 aromatic carbocycles. The number of aryl methyl sites for hydroxylation is 2. The molecule has 20 heavy (non-hydrogen) atoms. The Labute approximate surface area is 115 Å². The summed E-state index contributed by atoms with van der Waals surface area (Å²) < 4.78 is 29.2. The fraction of sp³-hybridized carbons (Fsp3) is 0.250. The number of nitrogens with zero attached hydrogens (tertiary/aromatic N) is 2. The lowest BCUT2D eigenvalue weighted by Gasteiger charge is -2.07. The molecule has 0 atom stereocenters. The predicted molar refractivity (Wildman–Crippen MR) is 68.1 cm³/mol. The number of aromatic nitrogens is 2. The highest BCUT2D eigenvalue weighted by molar-refractivity contribution is 7.90. The predicted octanol–water partition coefficient (Wildman–Crippen LogP) is 1.36. The van der Waals surface area contributed by atoms with Crippen LogP contribution in [0.1, 0.15) is 27.3 Å². The number of sulfone groups is 1. The molecule has 0 amide bonds. The summed E-state index contributed by atoms with van der Waals surface area (Å²) in [5, 5.41) is 16.0. The molecule has 2 rings (SSSR count).